The van der Waals surface area contributed by atoms with Crippen LogP contribution in [0.4, 0.5) is 0 Å². The van der Waals surface area contributed by atoms with E-state index in [-0.39, 0.29) is 5.41 Å². The Kier molecular flexibility index (Phi) is 7.04. The molecular formula is C48H32N4S2. The van der Waals surface area contributed by atoms with Gasteiger partial charge in [0, 0.05) is 58.1 Å². The van der Waals surface area contributed by atoms with E-state index >= 15 is 0 Å². The molecule has 0 spiro atoms. The van der Waals surface area contributed by atoms with E-state index in [1.165, 1.54) is 63.6 Å². The van der Waals surface area contributed by atoms with E-state index < -0.39 is 0 Å². The molecule has 54 heavy (non-hydrogen) atoms. The Morgan fingerprint density at radius 2 is 1.04 bits per heavy atom. The first-order valence-corrected chi connectivity index (χ1v) is 19.8. The molecule has 11 rings (SSSR count). The maximum absolute atomic E-state index is 5.08. The zero-order valence-corrected chi connectivity index (χ0v) is 31.2. The summed E-state index contributed by atoms with van der Waals surface area (Å²) < 4.78 is 2.46. The van der Waals surface area contributed by atoms with Crippen LogP contribution in [0.5, 0.6) is 0 Å². The van der Waals surface area contributed by atoms with Gasteiger partial charge in [0.25, 0.3) is 0 Å². The molecule has 0 fully saturated rings. The van der Waals surface area contributed by atoms with Crippen LogP contribution in [0.15, 0.2) is 177 Å². The predicted octanol–water partition coefficient (Wildman–Crippen LogP) is 12.9. The average molecular weight is 729 g/mol. The van der Waals surface area contributed by atoms with Gasteiger partial charge >= 0.3 is 0 Å². The molecule has 7 aromatic carbocycles. The fraction of sp³-hybridized carbons (Fsp3) is 0.0625. The summed E-state index contributed by atoms with van der Waals surface area (Å²) in [4.78, 5) is 20.3. The highest BCUT2D eigenvalue weighted by atomic mass is 32.2. The first-order chi connectivity index (χ1) is 26.5. The minimum Gasteiger partial charge on any atom is -0.309 e. The molecule has 1 aliphatic heterocycles. The Morgan fingerprint density at radius 1 is 0.463 bits per heavy atom. The smallest absolute Gasteiger partial charge is 0.164 e. The molecule has 0 saturated carbocycles. The van der Waals surface area contributed by atoms with Gasteiger partial charge in [0.1, 0.15) is 0 Å². The number of benzene rings is 7. The Bertz CT molecular complexity index is 2910. The third kappa shape index (κ3) is 4.83. The molecule has 0 atom stereocenters. The Labute approximate surface area is 322 Å². The number of aromatic nitrogens is 4. The lowest BCUT2D eigenvalue weighted by Gasteiger charge is -2.23. The van der Waals surface area contributed by atoms with E-state index in [2.05, 4.69) is 140 Å². The number of rotatable bonds is 4. The summed E-state index contributed by atoms with van der Waals surface area (Å²) in [5, 5.41) is 2.59. The molecule has 0 amide bonds. The molecule has 0 saturated heterocycles. The molecule has 0 bridgehead atoms. The quantitative estimate of drug-likeness (QED) is 0.180. The Morgan fingerprint density at radius 3 is 1.72 bits per heavy atom. The minimum absolute atomic E-state index is 0.163. The van der Waals surface area contributed by atoms with Crippen LogP contribution < -0.4 is 0 Å². The van der Waals surface area contributed by atoms with Gasteiger partial charge in [-0.2, -0.15) is 0 Å². The maximum atomic E-state index is 5.08. The highest BCUT2D eigenvalue weighted by Crippen LogP contribution is 2.55. The fourth-order valence-electron chi connectivity index (χ4n) is 8.40. The summed E-state index contributed by atoms with van der Waals surface area (Å²) in [7, 11) is 0. The molecule has 3 heterocycles. The van der Waals surface area contributed by atoms with Crippen molar-refractivity contribution < 1.29 is 0 Å². The molecule has 256 valence electrons. The SMILES string of the molecule is CC1(C)c2ccccc2-c2ccc3c(c21)c1cc2c(cc1n3-c1cccc(-c3nc(-c4ccccc4)nc(-c4ccccc4)n3)c1)Sc1ccccc1S2. The second kappa shape index (κ2) is 12.0. The lowest BCUT2D eigenvalue weighted by atomic mass is 9.80. The lowest BCUT2D eigenvalue weighted by molar-refractivity contribution is 0.666. The van der Waals surface area contributed by atoms with Gasteiger partial charge in [-0.05, 0) is 64.7 Å². The van der Waals surface area contributed by atoms with Gasteiger partial charge in [-0.25, -0.2) is 15.0 Å². The van der Waals surface area contributed by atoms with Crippen LogP contribution in [0.1, 0.15) is 25.0 Å². The summed E-state index contributed by atoms with van der Waals surface area (Å²) in [6, 6.07) is 56.2. The van der Waals surface area contributed by atoms with Crippen molar-refractivity contribution >= 4 is 45.3 Å². The van der Waals surface area contributed by atoms with Crippen molar-refractivity contribution in [3.8, 4) is 51.0 Å². The van der Waals surface area contributed by atoms with Gasteiger partial charge in [-0.15, -0.1) is 0 Å². The van der Waals surface area contributed by atoms with Crippen LogP contribution in [0.3, 0.4) is 0 Å². The van der Waals surface area contributed by atoms with Crippen molar-refractivity contribution in [2.24, 2.45) is 0 Å². The van der Waals surface area contributed by atoms with Gasteiger partial charge in [0.15, 0.2) is 17.5 Å². The number of nitrogens with zero attached hydrogens (tertiary/aromatic N) is 4. The third-order valence-corrected chi connectivity index (χ3v) is 13.4. The normalized spacial score (nSPS) is 13.7. The monoisotopic (exact) mass is 728 g/mol. The molecule has 9 aromatic rings. The highest BCUT2D eigenvalue weighted by molar-refractivity contribution is 8.05. The molecule has 1 aliphatic carbocycles. The minimum atomic E-state index is -0.163. The summed E-state index contributed by atoms with van der Waals surface area (Å²) in [5.41, 5.74) is 11.6. The zero-order chi connectivity index (χ0) is 36.0. The molecule has 0 unspecified atom stereocenters. The largest absolute Gasteiger partial charge is 0.309 e. The molecule has 2 aliphatic rings. The van der Waals surface area contributed by atoms with Gasteiger partial charge in [0.05, 0.1) is 11.0 Å². The second-order valence-corrected chi connectivity index (χ2v) is 16.6. The zero-order valence-electron chi connectivity index (χ0n) is 29.6. The van der Waals surface area contributed by atoms with E-state index in [4.69, 9.17) is 15.0 Å². The third-order valence-electron chi connectivity index (χ3n) is 10.9. The van der Waals surface area contributed by atoms with Crippen molar-refractivity contribution in [1.29, 1.82) is 0 Å². The Balaban J connectivity index is 1.16. The molecule has 6 heteroatoms. The maximum Gasteiger partial charge on any atom is 0.164 e. The lowest BCUT2D eigenvalue weighted by Crippen LogP contribution is -2.15. The van der Waals surface area contributed by atoms with Crippen molar-refractivity contribution in [3.05, 3.63) is 169 Å². The molecular weight excluding hydrogens is 697 g/mol. The van der Waals surface area contributed by atoms with Gasteiger partial charge in [-0.1, -0.05) is 153 Å². The number of fused-ring (bicyclic) bond motifs is 9. The molecule has 2 aromatic heterocycles. The summed E-state index contributed by atoms with van der Waals surface area (Å²) >= 11 is 3.74. The number of hydrogen-bond acceptors (Lipinski definition) is 5. The van der Waals surface area contributed by atoms with E-state index in [9.17, 15) is 0 Å². The van der Waals surface area contributed by atoms with E-state index in [1.54, 1.807) is 0 Å². The first-order valence-electron chi connectivity index (χ1n) is 18.2. The van der Waals surface area contributed by atoms with Crippen molar-refractivity contribution in [1.82, 2.24) is 19.5 Å². The Hall–Kier alpha value is -5.95. The average Bonchev–Trinajstić information content (AvgIpc) is 3.67. The summed E-state index contributed by atoms with van der Waals surface area (Å²) in [6.07, 6.45) is 0. The van der Waals surface area contributed by atoms with Crippen LogP contribution in [-0.2, 0) is 5.41 Å². The predicted molar refractivity (Wildman–Crippen MR) is 223 cm³/mol. The molecule has 4 nitrogen and oxygen atoms in total. The van der Waals surface area contributed by atoms with Crippen LogP contribution >= 0.6 is 23.5 Å². The fourth-order valence-corrected chi connectivity index (χ4v) is 10.7. The second-order valence-electron chi connectivity index (χ2n) is 14.4. The topological polar surface area (TPSA) is 43.6 Å². The van der Waals surface area contributed by atoms with E-state index in [0.717, 1.165) is 22.4 Å². The van der Waals surface area contributed by atoms with Gasteiger partial charge in [0.2, 0.25) is 0 Å². The van der Waals surface area contributed by atoms with Crippen LogP contribution in [0, 0.1) is 0 Å². The molecule has 0 N–H and O–H groups in total. The van der Waals surface area contributed by atoms with E-state index in [1.807, 2.05) is 59.9 Å². The summed E-state index contributed by atoms with van der Waals surface area (Å²) in [5.74, 6) is 1.95. The van der Waals surface area contributed by atoms with Gasteiger partial charge < -0.3 is 4.57 Å². The van der Waals surface area contributed by atoms with Crippen LogP contribution in [0.25, 0.3) is 72.8 Å². The highest BCUT2D eigenvalue weighted by Gasteiger charge is 2.38. The van der Waals surface area contributed by atoms with Gasteiger partial charge in [-0.3, -0.25) is 0 Å². The van der Waals surface area contributed by atoms with E-state index in [0.29, 0.717) is 17.5 Å². The van der Waals surface area contributed by atoms with Crippen molar-refractivity contribution in [2.75, 3.05) is 0 Å². The standard InChI is InChI=1S/C48H32N4S2/c1-48(2)36-21-10-9-20-33(36)34-24-25-37-43(44(34)48)35-27-41-42(54-40-23-12-11-22-39(40)53-41)28-38(35)52(37)32-19-13-18-31(26-32)47-50-45(29-14-5-3-6-15-29)49-46(51-47)30-16-7-4-8-17-30/h3-28H,1-2H3. The summed E-state index contributed by atoms with van der Waals surface area (Å²) in [6.45, 7) is 4.77. The molecule has 0 radical (unpaired) electrons. The van der Waals surface area contributed by atoms with Crippen molar-refractivity contribution in [2.45, 2.75) is 38.8 Å². The van der Waals surface area contributed by atoms with Crippen LogP contribution in [0.2, 0.25) is 0 Å². The number of hydrogen-bond donors (Lipinski definition) is 0. The van der Waals surface area contributed by atoms with Crippen LogP contribution in [-0.4, -0.2) is 19.5 Å². The first kappa shape index (κ1) is 31.6. The van der Waals surface area contributed by atoms with Crippen molar-refractivity contribution in [3.63, 3.8) is 0 Å².